The Bertz CT molecular complexity index is 771. The number of aliphatic hydroxyl groups excluding tert-OH is 1. The van der Waals surface area contributed by atoms with E-state index in [9.17, 15) is 5.11 Å². The van der Waals surface area contributed by atoms with Crippen molar-refractivity contribution in [1.82, 2.24) is 14.9 Å². The van der Waals surface area contributed by atoms with Crippen molar-refractivity contribution in [3.8, 4) is 0 Å². The quantitative estimate of drug-likeness (QED) is 0.684. The summed E-state index contributed by atoms with van der Waals surface area (Å²) >= 11 is 0. The van der Waals surface area contributed by atoms with E-state index in [0.717, 1.165) is 28.8 Å². The minimum absolute atomic E-state index is 0.135. The number of hydrogen-bond acceptors (Lipinski definition) is 4. The highest BCUT2D eigenvalue weighted by Gasteiger charge is 2.18. The highest BCUT2D eigenvalue weighted by Crippen LogP contribution is 2.20. The topological polar surface area (TPSA) is 78.2 Å². The predicted molar refractivity (Wildman–Crippen MR) is 100 cm³/mol. The highest BCUT2D eigenvalue weighted by molar-refractivity contribution is 5.89. The Morgan fingerprint density at radius 1 is 1.46 bits per heavy atom. The molecule has 2 aromatic heterocycles. The third-order valence-electron chi connectivity index (χ3n) is 3.92. The van der Waals surface area contributed by atoms with Gasteiger partial charge in [-0.25, -0.2) is 4.98 Å². The third kappa shape index (κ3) is 4.26. The number of H-pyrrole nitrogens is 1. The highest BCUT2D eigenvalue weighted by atomic mass is 16.3. The lowest BCUT2D eigenvalue weighted by molar-refractivity contribution is 0.129. The molecule has 0 aliphatic rings. The van der Waals surface area contributed by atoms with Crippen molar-refractivity contribution in [2.45, 2.75) is 13.8 Å². The Hall–Kier alpha value is -2.53. The molecule has 0 bridgehead atoms. The van der Waals surface area contributed by atoms with E-state index >= 15 is 0 Å². The Morgan fingerprint density at radius 3 is 2.92 bits per heavy atom. The summed E-state index contributed by atoms with van der Waals surface area (Å²) in [5.74, 6) is 0. The van der Waals surface area contributed by atoms with Crippen molar-refractivity contribution < 1.29 is 5.11 Å². The number of fused-ring (bicyclic) bond motifs is 1. The summed E-state index contributed by atoms with van der Waals surface area (Å²) in [5.41, 5.74) is 9.33. The lowest BCUT2D eigenvalue weighted by Gasteiger charge is -2.30. The molecule has 0 aliphatic carbocycles. The second-order valence-corrected chi connectivity index (χ2v) is 6.75. The van der Waals surface area contributed by atoms with Gasteiger partial charge in [0.1, 0.15) is 5.65 Å². The average molecular weight is 326 g/mol. The van der Waals surface area contributed by atoms with Crippen LogP contribution in [0.2, 0.25) is 0 Å². The predicted octanol–water partition coefficient (Wildman–Crippen LogP) is 2.88. The molecule has 0 unspecified atom stereocenters. The van der Waals surface area contributed by atoms with Crippen LogP contribution in [0.3, 0.4) is 0 Å². The van der Waals surface area contributed by atoms with Gasteiger partial charge in [0.05, 0.1) is 0 Å². The largest absolute Gasteiger partial charge is 0.398 e. The maximum Gasteiger partial charge on any atom is 0.137 e. The molecular weight excluding hydrogens is 300 g/mol. The van der Waals surface area contributed by atoms with E-state index in [1.807, 2.05) is 62.4 Å². The van der Waals surface area contributed by atoms with Crippen LogP contribution in [-0.2, 0) is 0 Å². The van der Waals surface area contributed by atoms with Crippen LogP contribution in [0.1, 0.15) is 19.4 Å². The molecule has 0 atom stereocenters. The number of pyridine rings is 1. The van der Waals surface area contributed by atoms with Crippen molar-refractivity contribution in [1.29, 1.82) is 0 Å². The van der Waals surface area contributed by atoms with Gasteiger partial charge in [-0.2, -0.15) is 0 Å². The molecule has 24 heavy (non-hydrogen) atoms. The number of aromatic nitrogens is 2. The molecular formula is C19H26N4O. The first kappa shape index (κ1) is 17.8. The molecule has 0 saturated heterocycles. The number of likely N-dealkylation sites (N-methyl/N-ethyl adjacent to an activating group) is 1. The third-order valence-corrected chi connectivity index (χ3v) is 3.92. The van der Waals surface area contributed by atoms with E-state index in [1.165, 1.54) is 0 Å². The van der Waals surface area contributed by atoms with Gasteiger partial charge in [0.2, 0.25) is 0 Å². The van der Waals surface area contributed by atoms with E-state index in [0.29, 0.717) is 5.70 Å². The number of rotatable bonds is 7. The van der Waals surface area contributed by atoms with Gasteiger partial charge in [0, 0.05) is 60.4 Å². The number of aliphatic hydroxyl groups is 1. The van der Waals surface area contributed by atoms with Crippen molar-refractivity contribution in [2.75, 3.05) is 20.2 Å². The zero-order chi connectivity index (χ0) is 17.7. The summed E-state index contributed by atoms with van der Waals surface area (Å²) in [7, 11) is 1.96. The zero-order valence-corrected chi connectivity index (χ0v) is 14.6. The average Bonchev–Trinajstić information content (AvgIpc) is 3.02. The minimum atomic E-state index is -0.169. The zero-order valence-electron chi connectivity index (χ0n) is 14.6. The molecule has 2 aromatic rings. The van der Waals surface area contributed by atoms with Gasteiger partial charge in [0.15, 0.2) is 0 Å². The number of nitrogens with zero attached hydrogens (tertiary/aromatic N) is 2. The standard InChI is InChI=1S/C19H26N4O/c1-14(23(4)12-19(2,3)13-24)6-5-7-17(20)15-8-10-21-18-16(15)9-11-22-18/h5-11,24H,1,12-13,20H2,2-4H3,(H,21,22)/b6-5-,17-7-. The Morgan fingerprint density at radius 2 is 2.21 bits per heavy atom. The van der Waals surface area contributed by atoms with Gasteiger partial charge in [0.25, 0.3) is 0 Å². The normalized spacial score (nSPS) is 12.9. The van der Waals surface area contributed by atoms with Crippen molar-refractivity contribution in [3.63, 3.8) is 0 Å². The van der Waals surface area contributed by atoms with Crippen LogP contribution >= 0.6 is 0 Å². The lowest BCUT2D eigenvalue weighted by atomic mass is 9.94. The number of aromatic amines is 1. The fourth-order valence-electron chi connectivity index (χ4n) is 2.49. The van der Waals surface area contributed by atoms with Crippen LogP contribution in [0, 0.1) is 5.41 Å². The smallest absolute Gasteiger partial charge is 0.137 e. The molecule has 0 radical (unpaired) electrons. The Kier molecular flexibility index (Phi) is 5.46. The van der Waals surface area contributed by atoms with Crippen molar-refractivity contribution in [2.24, 2.45) is 11.1 Å². The minimum Gasteiger partial charge on any atom is -0.398 e. The van der Waals surface area contributed by atoms with E-state index < -0.39 is 0 Å². The van der Waals surface area contributed by atoms with E-state index in [1.54, 1.807) is 6.20 Å². The molecule has 0 aromatic carbocycles. The monoisotopic (exact) mass is 326 g/mol. The molecule has 0 amide bonds. The maximum atomic E-state index is 9.36. The van der Waals surface area contributed by atoms with E-state index in [-0.39, 0.29) is 12.0 Å². The Labute approximate surface area is 143 Å². The molecule has 4 N–H and O–H groups in total. The van der Waals surface area contributed by atoms with Crippen LogP contribution < -0.4 is 5.73 Å². The molecule has 5 nitrogen and oxygen atoms in total. The summed E-state index contributed by atoms with van der Waals surface area (Å²) < 4.78 is 0. The molecule has 0 fully saturated rings. The first-order valence-corrected chi connectivity index (χ1v) is 7.91. The summed E-state index contributed by atoms with van der Waals surface area (Å²) in [5, 5.41) is 10.4. The van der Waals surface area contributed by atoms with Gasteiger partial charge in [-0.05, 0) is 24.3 Å². The number of allylic oxidation sites excluding steroid dienone is 3. The molecule has 0 aliphatic heterocycles. The van der Waals surface area contributed by atoms with Crippen molar-refractivity contribution >= 4 is 16.7 Å². The fourth-order valence-corrected chi connectivity index (χ4v) is 2.49. The van der Waals surface area contributed by atoms with Crippen LogP contribution in [0.4, 0.5) is 0 Å². The van der Waals surface area contributed by atoms with Gasteiger partial charge < -0.3 is 20.7 Å². The molecule has 0 spiro atoms. The van der Waals surface area contributed by atoms with Gasteiger partial charge in [-0.1, -0.05) is 26.5 Å². The number of hydrogen-bond donors (Lipinski definition) is 3. The second-order valence-electron chi connectivity index (χ2n) is 6.75. The number of nitrogens with two attached hydrogens (primary N) is 1. The van der Waals surface area contributed by atoms with Crippen LogP contribution in [0.15, 0.2) is 55.0 Å². The molecule has 2 rings (SSSR count). The summed E-state index contributed by atoms with van der Waals surface area (Å²) in [6.45, 7) is 8.95. The van der Waals surface area contributed by atoms with E-state index in [4.69, 9.17) is 5.73 Å². The number of nitrogens with one attached hydrogen (secondary N) is 1. The fraction of sp³-hybridized carbons (Fsp3) is 0.316. The first-order chi connectivity index (χ1) is 11.3. The molecule has 128 valence electrons. The van der Waals surface area contributed by atoms with Gasteiger partial charge in [-0.3, -0.25) is 0 Å². The van der Waals surface area contributed by atoms with Crippen LogP contribution in [0.25, 0.3) is 16.7 Å². The van der Waals surface area contributed by atoms with Crippen LogP contribution in [0.5, 0.6) is 0 Å². The lowest BCUT2D eigenvalue weighted by Crippen LogP contribution is -2.32. The van der Waals surface area contributed by atoms with Crippen LogP contribution in [-0.4, -0.2) is 40.2 Å². The molecule has 5 heteroatoms. The maximum absolute atomic E-state index is 9.36. The SMILES string of the molecule is C=C(/C=C\C=C(/N)c1ccnc2[nH]ccc12)N(C)CC(C)(C)CO. The molecule has 2 heterocycles. The summed E-state index contributed by atoms with van der Waals surface area (Å²) in [6.07, 6.45) is 9.25. The van der Waals surface area contributed by atoms with Crippen molar-refractivity contribution in [3.05, 3.63) is 60.6 Å². The Balaban J connectivity index is 2.08. The van der Waals surface area contributed by atoms with Gasteiger partial charge in [-0.15, -0.1) is 0 Å². The van der Waals surface area contributed by atoms with E-state index in [2.05, 4.69) is 16.5 Å². The van der Waals surface area contributed by atoms with Gasteiger partial charge >= 0.3 is 0 Å². The second kappa shape index (κ2) is 7.36. The molecule has 0 saturated carbocycles. The summed E-state index contributed by atoms with van der Waals surface area (Å²) in [4.78, 5) is 9.36. The summed E-state index contributed by atoms with van der Waals surface area (Å²) in [6, 6.07) is 3.87. The first-order valence-electron chi connectivity index (χ1n) is 7.91.